The van der Waals surface area contributed by atoms with Crippen molar-refractivity contribution in [1.82, 2.24) is 4.98 Å². The monoisotopic (exact) mass is 338 g/mol. The molecule has 0 spiro atoms. The lowest BCUT2D eigenvalue weighted by molar-refractivity contribution is 0.262. The van der Waals surface area contributed by atoms with E-state index in [1.807, 2.05) is 0 Å². The second-order valence-electron chi connectivity index (χ2n) is 5.14. The summed E-state index contributed by atoms with van der Waals surface area (Å²) in [6.07, 6.45) is 1.51. The maximum atomic E-state index is 13.1. The lowest BCUT2D eigenvalue weighted by atomic mass is 10.3. The van der Waals surface area contributed by atoms with Gasteiger partial charge in [-0.25, -0.2) is 14.2 Å². The molecule has 2 aromatic carbocycles. The number of halogens is 1. The Balaban J connectivity index is 1.64. The van der Waals surface area contributed by atoms with Gasteiger partial charge in [0.1, 0.15) is 23.1 Å². The van der Waals surface area contributed by atoms with E-state index in [1.165, 1.54) is 24.4 Å². The number of carbonyl (C=O) groups excluding carboxylic acids is 1. The molecule has 0 radical (unpaired) electrons. The topological polar surface area (TPSA) is 89.3 Å². The maximum absolute atomic E-state index is 13.1. The number of nitrogens with one attached hydrogen (secondary N) is 2. The first kappa shape index (κ1) is 16.3. The molecule has 3 aromatic rings. The molecule has 0 saturated carbocycles. The number of pyridine rings is 1. The van der Waals surface area contributed by atoms with Gasteiger partial charge in [-0.05, 0) is 42.5 Å². The van der Waals surface area contributed by atoms with Crippen LogP contribution in [0.2, 0.25) is 0 Å². The van der Waals surface area contributed by atoms with Crippen molar-refractivity contribution in [2.45, 2.75) is 0 Å². The Bertz CT molecular complexity index is 884. The molecule has 0 aliphatic heterocycles. The smallest absolute Gasteiger partial charge is 0.323 e. The number of rotatable bonds is 4. The number of aromatic nitrogens is 1. The number of nitrogens with two attached hydrogens (primary N) is 1. The molecule has 6 nitrogen and oxygen atoms in total. The number of amides is 2. The van der Waals surface area contributed by atoms with Gasteiger partial charge >= 0.3 is 6.03 Å². The second-order valence-corrected chi connectivity index (χ2v) is 5.14. The maximum Gasteiger partial charge on any atom is 0.323 e. The third-order valence-electron chi connectivity index (χ3n) is 3.17. The summed E-state index contributed by atoms with van der Waals surface area (Å²) < 4.78 is 18.8. The van der Waals surface area contributed by atoms with Gasteiger partial charge in [-0.1, -0.05) is 12.1 Å². The lowest BCUT2D eigenvalue weighted by Gasteiger charge is -2.10. The van der Waals surface area contributed by atoms with Crippen LogP contribution >= 0.6 is 0 Å². The van der Waals surface area contributed by atoms with Gasteiger partial charge in [0.2, 0.25) is 0 Å². The molecule has 0 saturated heterocycles. The molecular formula is C18H15FN4O2. The molecule has 2 amide bonds. The average molecular weight is 338 g/mol. The minimum Gasteiger partial charge on any atom is -0.456 e. The Morgan fingerprint density at radius 2 is 1.68 bits per heavy atom. The van der Waals surface area contributed by atoms with Crippen LogP contribution in [0.15, 0.2) is 66.9 Å². The number of carbonyl (C=O) groups is 1. The fraction of sp³-hybridized carbons (Fsp3) is 0. The van der Waals surface area contributed by atoms with E-state index in [0.29, 0.717) is 28.7 Å². The predicted molar refractivity (Wildman–Crippen MR) is 94.2 cm³/mol. The quantitative estimate of drug-likeness (QED) is 0.664. The number of anilines is 3. The molecule has 0 aliphatic rings. The van der Waals surface area contributed by atoms with Crippen LogP contribution in [-0.4, -0.2) is 11.0 Å². The Morgan fingerprint density at radius 3 is 2.36 bits per heavy atom. The summed E-state index contributed by atoms with van der Waals surface area (Å²) in [7, 11) is 0. The summed E-state index contributed by atoms with van der Waals surface area (Å²) in [6, 6.07) is 15.3. The highest BCUT2D eigenvalue weighted by atomic mass is 19.1. The molecule has 1 aromatic heterocycles. The van der Waals surface area contributed by atoms with Crippen LogP contribution in [0.1, 0.15) is 0 Å². The summed E-state index contributed by atoms with van der Waals surface area (Å²) in [4.78, 5) is 15.9. The van der Waals surface area contributed by atoms with E-state index in [4.69, 9.17) is 10.5 Å². The SMILES string of the molecule is Nc1ccc(Oc2cccc(NC(=O)Nc3cccc(F)c3)c2)cn1. The van der Waals surface area contributed by atoms with E-state index in [0.717, 1.165) is 0 Å². The largest absolute Gasteiger partial charge is 0.456 e. The van der Waals surface area contributed by atoms with Crippen molar-refractivity contribution in [2.24, 2.45) is 0 Å². The second kappa shape index (κ2) is 7.31. The summed E-state index contributed by atoms with van der Waals surface area (Å²) in [5, 5.41) is 5.21. The summed E-state index contributed by atoms with van der Waals surface area (Å²) >= 11 is 0. The fourth-order valence-corrected chi connectivity index (χ4v) is 2.09. The van der Waals surface area contributed by atoms with E-state index in [2.05, 4.69) is 15.6 Å². The molecule has 0 atom stereocenters. The van der Waals surface area contributed by atoms with Crippen LogP contribution in [-0.2, 0) is 0 Å². The average Bonchev–Trinajstić information content (AvgIpc) is 2.57. The zero-order valence-electron chi connectivity index (χ0n) is 13.1. The van der Waals surface area contributed by atoms with E-state index >= 15 is 0 Å². The third-order valence-corrected chi connectivity index (χ3v) is 3.17. The highest BCUT2D eigenvalue weighted by Crippen LogP contribution is 2.24. The zero-order chi connectivity index (χ0) is 17.6. The highest BCUT2D eigenvalue weighted by Gasteiger charge is 2.05. The summed E-state index contributed by atoms with van der Waals surface area (Å²) in [5.41, 5.74) is 6.41. The number of urea groups is 1. The van der Waals surface area contributed by atoms with E-state index in [9.17, 15) is 9.18 Å². The minimum absolute atomic E-state index is 0.359. The lowest BCUT2D eigenvalue weighted by Crippen LogP contribution is -2.19. The summed E-state index contributed by atoms with van der Waals surface area (Å²) in [5.74, 6) is 1.02. The zero-order valence-corrected chi connectivity index (χ0v) is 13.1. The number of hydrogen-bond acceptors (Lipinski definition) is 4. The van der Waals surface area contributed by atoms with Gasteiger partial charge in [0.25, 0.3) is 0 Å². The number of nitrogens with zero attached hydrogens (tertiary/aromatic N) is 1. The fourth-order valence-electron chi connectivity index (χ4n) is 2.09. The van der Waals surface area contributed by atoms with Crippen LogP contribution in [0.4, 0.5) is 26.4 Å². The number of nitrogen functional groups attached to an aromatic ring is 1. The first-order valence-electron chi connectivity index (χ1n) is 7.41. The van der Waals surface area contributed by atoms with Gasteiger partial charge in [-0.15, -0.1) is 0 Å². The van der Waals surface area contributed by atoms with Crippen molar-refractivity contribution in [2.75, 3.05) is 16.4 Å². The predicted octanol–water partition coefficient (Wildman–Crippen LogP) is 4.24. The van der Waals surface area contributed by atoms with Crippen molar-refractivity contribution in [3.8, 4) is 11.5 Å². The molecule has 25 heavy (non-hydrogen) atoms. The Hall–Kier alpha value is -3.61. The van der Waals surface area contributed by atoms with E-state index < -0.39 is 11.8 Å². The van der Waals surface area contributed by atoms with Crippen molar-refractivity contribution in [3.05, 3.63) is 72.7 Å². The van der Waals surface area contributed by atoms with Crippen molar-refractivity contribution < 1.29 is 13.9 Å². The summed E-state index contributed by atoms with van der Waals surface area (Å²) in [6.45, 7) is 0. The van der Waals surface area contributed by atoms with Crippen molar-refractivity contribution in [1.29, 1.82) is 0 Å². The highest BCUT2D eigenvalue weighted by molar-refractivity contribution is 5.99. The van der Waals surface area contributed by atoms with Crippen molar-refractivity contribution >= 4 is 23.2 Å². The van der Waals surface area contributed by atoms with Crippen LogP contribution < -0.4 is 21.1 Å². The molecule has 3 rings (SSSR count). The first-order chi connectivity index (χ1) is 12.1. The van der Waals surface area contributed by atoms with Crippen LogP contribution in [0.3, 0.4) is 0 Å². The van der Waals surface area contributed by atoms with Gasteiger partial charge in [0.05, 0.1) is 6.20 Å². The van der Waals surface area contributed by atoms with E-state index in [-0.39, 0.29) is 0 Å². The molecule has 0 bridgehead atoms. The number of hydrogen-bond donors (Lipinski definition) is 3. The molecule has 126 valence electrons. The molecule has 1 heterocycles. The minimum atomic E-state index is -0.489. The van der Waals surface area contributed by atoms with Gasteiger partial charge in [-0.2, -0.15) is 0 Å². The van der Waals surface area contributed by atoms with Gasteiger partial charge in [0, 0.05) is 17.4 Å². The molecule has 0 fully saturated rings. The number of ether oxygens (including phenoxy) is 1. The Kier molecular flexibility index (Phi) is 4.75. The Labute approximate surface area is 143 Å². The number of benzene rings is 2. The standard InChI is InChI=1S/C18H15FN4O2/c19-12-3-1-4-13(9-12)22-18(24)23-14-5-2-6-15(10-14)25-16-7-8-17(20)21-11-16/h1-11H,(H2,20,21)(H2,22,23,24). The third kappa shape index (κ3) is 4.68. The molecule has 4 N–H and O–H groups in total. The Morgan fingerprint density at radius 1 is 0.960 bits per heavy atom. The van der Waals surface area contributed by atoms with Crippen LogP contribution in [0.25, 0.3) is 0 Å². The van der Waals surface area contributed by atoms with Gasteiger partial charge < -0.3 is 21.1 Å². The molecule has 0 aliphatic carbocycles. The van der Waals surface area contributed by atoms with Gasteiger partial charge in [-0.3, -0.25) is 0 Å². The molecule has 7 heteroatoms. The van der Waals surface area contributed by atoms with Crippen molar-refractivity contribution in [3.63, 3.8) is 0 Å². The van der Waals surface area contributed by atoms with Crippen LogP contribution in [0, 0.1) is 5.82 Å². The first-order valence-corrected chi connectivity index (χ1v) is 7.41. The normalized spacial score (nSPS) is 10.1. The molecule has 0 unspecified atom stereocenters. The molecular weight excluding hydrogens is 323 g/mol. The van der Waals surface area contributed by atoms with Crippen LogP contribution in [0.5, 0.6) is 11.5 Å². The van der Waals surface area contributed by atoms with E-state index in [1.54, 1.807) is 42.5 Å². The van der Waals surface area contributed by atoms with Gasteiger partial charge in [0.15, 0.2) is 0 Å².